The van der Waals surface area contributed by atoms with Crippen molar-refractivity contribution < 1.29 is 4.79 Å². The van der Waals surface area contributed by atoms with Crippen molar-refractivity contribution in [2.45, 2.75) is 37.8 Å². The van der Waals surface area contributed by atoms with E-state index in [0.29, 0.717) is 0 Å². The highest BCUT2D eigenvalue weighted by atomic mass is 32.2. The van der Waals surface area contributed by atoms with Crippen LogP contribution in [-0.2, 0) is 4.79 Å². The summed E-state index contributed by atoms with van der Waals surface area (Å²) in [6.07, 6.45) is 5.57. The van der Waals surface area contributed by atoms with Crippen LogP contribution in [0.1, 0.15) is 37.5 Å². The Hall–Kier alpha value is -1.53. The van der Waals surface area contributed by atoms with E-state index in [9.17, 15) is 4.79 Å². The molecule has 0 spiro atoms. The molecule has 6 heteroatoms. The van der Waals surface area contributed by atoms with Gasteiger partial charge in [0.05, 0.1) is 17.1 Å². The number of hydrogen-bond donors (Lipinski definition) is 3. The molecule has 0 bridgehead atoms. The van der Waals surface area contributed by atoms with Crippen molar-refractivity contribution >= 4 is 28.7 Å². The molecule has 0 aliphatic heterocycles. The van der Waals surface area contributed by atoms with Gasteiger partial charge in [-0.3, -0.25) is 4.79 Å². The largest absolute Gasteiger partial charge is 0.346 e. The van der Waals surface area contributed by atoms with Crippen LogP contribution in [-0.4, -0.2) is 33.9 Å². The SMILES string of the molecule is CSCCC(NC(=O)C1CCC(N)C1)c1nc2ccccc2[nH]1. The van der Waals surface area contributed by atoms with Crippen LogP contribution in [0.4, 0.5) is 0 Å². The van der Waals surface area contributed by atoms with Crippen molar-refractivity contribution in [1.29, 1.82) is 0 Å². The molecule has 4 N–H and O–H groups in total. The fourth-order valence-electron chi connectivity index (χ4n) is 3.19. The lowest BCUT2D eigenvalue weighted by Gasteiger charge is -2.19. The number of hydrogen-bond acceptors (Lipinski definition) is 4. The molecule has 1 aromatic heterocycles. The van der Waals surface area contributed by atoms with Crippen LogP contribution in [0.5, 0.6) is 0 Å². The van der Waals surface area contributed by atoms with Crippen LogP contribution in [0.15, 0.2) is 24.3 Å². The molecule has 1 aliphatic carbocycles. The Kier molecular flexibility index (Phi) is 5.23. The van der Waals surface area contributed by atoms with Gasteiger partial charge in [-0.1, -0.05) is 12.1 Å². The molecular formula is C17H24N4OS. The van der Waals surface area contributed by atoms with Crippen molar-refractivity contribution in [2.75, 3.05) is 12.0 Å². The maximum atomic E-state index is 12.5. The van der Waals surface area contributed by atoms with E-state index in [1.54, 1.807) is 11.8 Å². The summed E-state index contributed by atoms with van der Waals surface area (Å²) in [7, 11) is 0. The minimum Gasteiger partial charge on any atom is -0.346 e. The number of carbonyl (C=O) groups excluding carboxylic acids is 1. The number of amides is 1. The first-order valence-corrected chi connectivity index (χ1v) is 9.56. The molecule has 1 saturated carbocycles. The summed E-state index contributed by atoms with van der Waals surface area (Å²) in [5, 5.41) is 3.19. The quantitative estimate of drug-likeness (QED) is 0.759. The van der Waals surface area contributed by atoms with E-state index in [1.807, 2.05) is 24.3 Å². The molecule has 1 amide bonds. The molecule has 1 aromatic carbocycles. The zero-order chi connectivity index (χ0) is 16.2. The van der Waals surface area contributed by atoms with Gasteiger partial charge < -0.3 is 16.0 Å². The number of aromatic nitrogens is 2. The minimum absolute atomic E-state index is 0.0474. The molecule has 0 saturated heterocycles. The summed E-state index contributed by atoms with van der Waals surface area (Å²) in [6.45, 7) is 0. The Labute approximate surface area is 140 Å². The Morgan fingerprint density at radius 1 is 1.48 bits per heavy atom. The lowest BCUT2D eigenvalue weighted by atomic mass is 10.1. The first-order chi connectivity index (χ1) is 11.2. The molecule has 124 valence electrons. The number of nitrogens with one attached hydrogen (secondary N) is 2. The topological polar surface area (TPSA) is 83.8 Å². The number of carbonyl (C=O) groups is 1. The second-order valence-corrected chi connectivity index (χ2v) is 7.24. The number of fused-ring (bicyclic) bond motifs is 1. The highest BCUT2D eigenvalue weighted by Crippen LogP contribution is 2.26. The molecule has 1 aliphatic rings. The number of imidazole rings is 1. The number of para-hydroxylation sites is 2. The summed E-state index contributed by atoms with van der Waals surface area (Å²) >= 11 is 1.78. The average molecular weight is 332 g/mol. The average Bonchev–Trinajstić information content (AvgIpc) is 3.17. The molecule has 5 nitrogen and oxygen atoms in total. The van der Waals surface area contributed by atoms with Gasteiger partial charge in [-0.15, -0.1) is 0 Å². The second-order valence-electron chi connectivity index (χ2n) is 6.25. The number of H-pyrrole nitrogens is 1. The minimum atomic E-state index is -0.0702. The maximum absolute atomic E-state index is 12.5. The molecule has 3 atom stereocenters. The Morgan fingerprint density at radius 3 is 3.00 bits per heavy atom. The number of aromatic amines is 1. The normalized spacial score (nSPS) is 22.3. The molecule has 3 rings (SSSR count). The number of benzene rings is 1. The van der Waals surface area contributed by atoms with Crippen LogP contribution in [0.2, 0.25) is 0 Å². The lowest BCUT2D eigenvalue weighted by Crippen LogP contribution is -2.34. The van der Waals surface area contributed by atoms with Gasteiger partial charge in [0.25, 0.3) is 0 Å². The molecule has 23 heavy (non-hydrogen) atoms. The number of rotatable bonds is 6. The fraction of sp³-hybridized carbons (Fsp3) is 0.529. The first-order valence-electron chi connectivity index (χ1n) is 8.17. The zero-order valence-corrected chi connectivity index (χ0v) is 14.2. The standard InChI is InChI=1S/C17H24N4OS/c1-23-9-8-15(21-17(22)11-6-7-12(18)10-11)16-19-13-4-2-3-5-14(13)20-16/h2-5,11-12,15H,6-10,18H2,1H3,(H,19,20)(H,21,22). The van der Waals surface area contributed by atoms with E-state index in [0.717, 1.165) is 48.3 Å². The fourth-order valence-corrected chi connectivity index (χ4v) is 3.67. The van der Waals surface area contributed by atoms with Crippen molar-refractivity contribution in [1.82, 2.24) is 15.3 Å². The van der Waals surface area contributed by atoms with E-state index in [2.05, 4.69) is 21.5 Å². The molecular weight excluding hydrogens is 308 g/mol. The van der Waals surface area contributed by atoms with E-state index < -0.39 is 0 Å². The number of thioether (sulfide) groups is 1. The summed E-state index contributed by atoms with van der Waals surface area (Å²) < 4.78 is 0. The predicted octanol–water partition coefficient (Wildman–Crippen LogP) is 2.60. The molecule has 2 aromatic rings. The van der Waals surface area contributed by atoms with Crippen molar-refractivity contribution in [3.8, 4) is 0 Å². The Balaban J connectivity index is 1.75. The van der Waals surface area contributed by atoms with Crippen LogP contribution in [0, 0.1) is 5.92 Å². The molecule has 0 radical (unpaired) electrons. The van der Waals surface area contributed by atoms with Gasteiger partial charge in [-0.25, -0.2) is 4.98 Å². The maximum Gasteiger partial charge on any atom is 0.223 e. The van der Waals surface area contributed by atoms with Gasteiger partial charge in [0.15, 0.2) is 0 Å². The monoisotopic (exact) mass is 332 g/mol. The Morgan fingerprint density at radius 2 is 2.30 bits per heavy atom. The number of nitrogens with zero attached hydrogens (tertiary/aromatic N) is 1. The second kappa shape index (κ2) is 7.36. The third-order valence-corrected chi connectivity index (χ3v) is 5.15. The molecule has 1 fully saturated rings. The van der Waals surface area contributed by atoms with E-state index in [1.165, 1.54) is 0 Å². The van der Waals surface area contributed by atoms with Gasteiger partial charge in [-0.05, 0) is 49.8 Å². The Bertz CT molecular complexity index is 638. The van der Waals surface area contributed by atoms with Crippen molar-refractivity contribution in [3.63, 3.8) is 0 Å². The highest BCUT2D eigenvalue weighted by molar-refractivity contribution is 7.98. The van der Waals surface area contributed by atoms with Crippen LogP contribution >= 0.6 is 11.8 Å². The van der Waals surface area contributed by atoms with Crippen LogP contribution < -0.4 is 11.1 Å². The van der Waals surface area contributed by atoms with Gasteiger partial charge in [-0.2, -0.15) is 11.8 Å². The molecule has 1 heterocycles. The van der Waals surface area contributed by atoms with E-state index in [-0.39, 0.29) is 23.9 Å². The lowest BCUT2D eigenvalue weighted by molar-refractivity contribution is -0.125. The van der Waals surface area contributed by atoms with Gasteiger partial charge in [0, 0.05) is 12.0 Å². The smallest absolute Gasteiger partial charge is 0.223 e. The van der Waals surface area contributed by atoms with Gasteiger partial charge >= 0.3 is 0 Å². The van der Waals surface area contributed by atoms with Crippen LogP contribution in [0.25, 0.3) is 11.0 Å². The van der Waals surface area contributed by atoms with Crippen LogP contribution in [0.3, 0.4) is 0 Å². The summed E-state index contributed by atoms with van der Waals surface area (Å²) in [5.41, 5.74) is 7.88. The third-order valence-electron chi connectivity index (χ3n) is 4.51. The number of nitrogens with two attached hydrogens (primary N) is 1. The van der Waals surface area contributed by atoms with E-state index in [4.69, 9.17) is 5.73 Å². The summed E-state index contributed by atoms with van der Waals surface area (Å²) in [6, 6.07) is 8.05. The van der Waals surface area contributed by atoms with Crippen molar-refractivity contribution in [3.05, 3.63) is 30.1 Å². The zero-order valence-electron chi connectivity index (χ0n) is 13.4. The predicted molar refractivity (Wildman–Crippen MR) is 95.3 cm³/mol. The van der Waals surface area contributed by atoms with E-state index >= 15 is 0 Å². The highest BCUT2D eigenvalue weighted by Gasteiger charge is 2.29. The van der Waals surface area contributed by atoms with Crippen molar-refractivity contribution in [2.24, 2.45) is 11.7 Å². The third kappa shape index (κ3) is 3.87. The first kappa shape index (κ1) is 16.3. The van der Waals surface area contributed by atoms with Gasteiger partial charge in [0.1, 0.15) is 5.82 Å². The summed E-state index contributed by atoms with van der Waals surface area (Å²) in [4.78, 5) is 20.5. The van der Waals surface area contributed by atoms with Gasteiger partial charge in [0.2, 0.25) is 5.91 Å². The molecule has 3 unspecified atom stereocenters. The summed E-state index contributed by atoms with van der Waals surface area (Å²) in [5.74, 6) is 1.98.